The van der Waals surface area contributed by atoms with Gasteiger partial charge in [-0.05, 0) is 24.7 Å². The maximum absolute atomic E-state index is 5.51. The summed E-state index contributed by atoms with van der Waals surface area (Å²) in [6, 6.07) is 5.95. The van der Waals surface area contributed by atoms with E-state index in [2.05, 4.69) is 15.6 Å². The fraction of sp³-hybridized carbons (Fsp3) is 0.533. The van der Waals surface area contributed by atoms with Crippen LogP contribution in [0.5, 0.6) is 11.5 Å². The summed E-state index contributed by atoms with van der Waals surface area (Å²) in [6.07, 6.45) is 2.63. The standard InChI is InChI=1S/C15H21N3O2S.HI/c1-16-15(18-9-12-5-3-7-21-12)17-8-11-4-2-6-13-14(11)20-10-19-13;/h2,4,6,12H,3,5,7-10H2,1H3,(H2,16,17,18);1H. The van der Waals surface area contributed by atoms with Crippen LogP contribution in [0.4, 0.5) is 0 Å². The SMILES string of the molecule is CN=C(NCc1cccc2c1OCO2)NCC1CCCS1.I. The summed E-state index contributed by atoms with van der Waals surface area (Å²) in [7, 11) is 1.80. The van der Waals surface area contributed by atoms with Gasteiger partial charge in [0.1, 0.15) is 0 Å². The average Bonchev–Trinajstić information content (AvgIpc) is 3.18. The fourth-order valence-corrected chi connectivity index (χ4v) is 3.75. The van der Waals surface area contributed by atoms with Gasteiger partial charge in [-0.3, -0.25) is 4.99 Å². The third kappa shape index (κ3) is 4.34. The molecule has 2 N–H and O–H groups in total. The van der Waals surface area contributed by atoms with Crippen LogP contribution in [0.3, 0.4) is 0 Å². The molecule has 1 aromatic carbocycles. The lowest BCUT2D eigenvalue weighted by Gasteiger charge is -2.15. The van der Waals surface area contributed by atoms with E-state index in [4.69, 9.17) is 9.47 Å². The van der Waals surface area contributed by atoms with Gasteiger partial charge in [-0.25, -0.2) is 0 Å². The van der Waals surface area contributed by atoms with Gasteiger partial charge in [0.2, 0.25) is 6.79 Å². The second kappa shape index (κ2) is 8.71. The lowest BCUT2D eigenvalue weighted by atomic mass is 10.2. The molecule has 5 nitrogen and oxygen atoms in total. The van der Waals surface area contributed by atoms with Crippen molar-refractivity contribution < 1.29 is 9.47 Å². The Kier molecular flexibility index (Phi) is 6.94. The van der Waals surface area contributed by atoms with Gasteiger partial charge in [-0.15, -0.1) is 24.0 Å². The zero-order valence-electron chi connectivity index (χ0n) is 12.6. The molecule has 0 spiro atoms. The van der Waals surface area contributed by atoms with Gasteiger partial charge in [-0.2, -0.15) is 11.8 Å². The van der Waals surface area contributed by atoms with Crippen molar-refractivity contribution in [2.45, 2.75) is 24.6 Å². The largest absolute Gasteiger partial charge is 0.454 e. The molecule has 1 atom stereocenters. The van der Waals surface area contributed by atoms with Gasteiger partial charge in [0.25, 0.3) is 0 Å². The van der Waals surface area contributed by atoms with E-state index in [1.807, 2.05) is 30.0 Å². The molecule has 1 aromatic rings. The Morgan fingerprint density at radius 1 is 1.36 bits per heavy atom. The van der Waals surface area contributed by atoms with E-state index < -0.39 is 0 Å². The van der Waals surface area contributed by atoms with Gasteiger partial charge in [0.05, 0.1) is 0 Å². The molecule has 1 unspecified atom stereocenters. The van der Waals surface area contributed by atoms with Crippen LogP contribution in [0, 0.1) is 0 Å². The molecule has 2 aliphatic rings. The summed E-state index contributed by atoms with van der Waals surface area (Å²) in [5, 5.41) is 7.44. The average molecular weight is 435 g/mol. The van der Waals surface area contributed by atoms with E-state index in [0.29, 0.717) is 18.6 Å². The third-order valence-electron chi connectivity index (χ3n) is 3.67. The molecule has 0 aliphatic carbocycles. The summed E-state index contributed by atoms with van der Waals surface area (Å²) in [6.45, 7) is 1.94. The first-order valence-corrected chi connectivity index (χ1v) is 8.35. The van der Waals surface area contributed by atoms with Crippen molar-refractivity contribution >= 4 is 41.7 Å². The van der Waals surface area contributed by atoms with Crippen LogP contribution in [-0.2, 0) is 6.54 Å². The molecule has 7 heteroatoms. The first-order valence-electron chi connectivity index (χ1n) is 7.30. The highest BCUT2D eigenvalue weighted by Gasteiger charge is 2.18. The van der Waals surface area contributed by atoms with Crippen molar-refractivity contribution in [1.82, 2.24) is 10.6 Å². The van der Waals surface area contributed by atoms with Crippen LogP contribution in [0.25, 0.3) is 0 Å². The smallest absolute Gasteiger partial charge is 0.231 e. The lowest BCUT2D eigenvalue weighted by molar-refractivity contribution is 0.173. The second-order valence-corrected chi connectivity index (χ2v) is 6.50. The monoisotopic (exact) mass is 435 g/mol. The first-order chi connectivity index (χ1) is 10.4. The van der Waals surface area contributed by atoms with Crippen LogP contribution >= 0.6 is 35.7 Å². The zero-order chi connectivity index (χ0) is 14.5. The number of aliphatic imine (C=N–C) groups is 1. The highest BCUT2D eigenvalue weighted by Crippen LogP contribution is 2.35. The molecule has 2 heterocycles. The summed E-state index contributed by atoms with van der Waals surface area (Å²) in [4.78, 5) is 4.27. The molecule has 122 valence electrons. The highest BCUT2D eigenvalue weighted by molar-refractivity contribution is 14.0. The number of halogens is 1. The lowest BCUT2D eigenvalue weighted by Crippen LogP contribution is -2.39. The predicted octanol–water partition coefficient (Wildman–Crippen LogP) is 2.59. The Balaban J connectivity index is 0.00000176. The molecule has 0 aromatic heterocycles. The summed E-state index contributed by atoms with van der Waals surface area (Å²) in [5.74, 6) is 3.77. The Hall–Kier alpha value is -0.830. The first kappa shape index (κ1) is 17.5. The van der Waals surface area contributed by atoms with Crippen molar-refractivity contribution in [3.05, 3.63) is 23.8 Å². The maximum atomic E-state index is 5.51. The highest BCUT2D eigenvalue weighted by atomic mass is 127. The van der Waals surface area contributed by atoms with E-state index in [0.717, 1.165) is 29.6 Å². The van der Waals surface area contributed by atoms with Gasteiger partial charge < -0.3 is 20.1 Å². The topological polar surface area (TPSA) is 54.9 Å². The molecule has 0 saturated carbocycles. The third-order valence-corrected chi connectivity index (χ3v) is 5.07. The van der Waals surface area contributed by atoms with E-state index in [1.54, 1.807) is 7.05 Å². The minimum absolute atomic E-state index is 0. The number of nitrogens with one attached hydrogen (secondary N) is 2. The van der Waals surface area contributed by atoms with E-state index in [1.165, 1.54) is 18.6 Å². The van der Waals surface area contributed by atoms with Crippen LogP contribution in [0.2, 0.25) is 0 Å². The number of benzene rings is 1. The predicted molar refractivity (Wildman–Crippen MR) is 102 cm³/mol. The summed E-state index contributed by atoms with van der Waals surface area (Å²) in [5.41, 5.74) is 1.09. The molecule has 0 amide bonds. The van der Waals surface area contributed by atoms with Gasteiger partial charge in [0, 0.05) is 31.0 Å². The number of hydrogen-bond donors (Lipinski definition) is 2. The van der Waals surface area contributed by atoms with Crippen molar-refractivity contribution in [2.24, 2.45) is 4.99 Å². The number of hydrogen-bond acceptors (Lipinski definition) is 4. The minimum Gasteiger partial charge on any atom is -0.454 e. The normalized spacial score (nSPS) is 19.7. The summed E-state index contributed by atoms with van der Waals surface area (Å²) >= 11 is 2.04. The van der Waals surface area contributed by atoms with Crippen molar-refractivity contribution in [2.75, 3.05) is 26.1 Å². The number of guanidine groups is 1. The number of para-hydroxylation sites is 1. The van der Waals surface area contributed by atoms with Gasteiger partial charge in [0.15, 0.2) is 17.5 Å². The van der Waals surface area contributed by atoms with E-state index in [9.17, 15) is 0 Å². The molecule has 3 rings (SSSR count). The number of rotatable bonds is 4. The second-order valence-electron chi connectivity index (χ2n) is 5.09. The van der Waals surface area contributed by atoms with Crippen molar-refractivity contribution in [3.63, 3.8) is 0 Å². The Labute approximate surface area is 152 Å². The Morgan fingerprint density at radius 2 is 2.27 bits per heavy atom. The Morgan fingerprint density at radius 3 is 3.05 bits per heavy atom. The Bertz CT molecular complexity index is 522. The number of ether oxygens (including phenoxy) is 2. The molecule has 0 radical (unpaired) electrons. The quantitative estimate of drug-likeness (QED) is 0.433. The van der Waals surface area contributed by atoms with Crippen LogP contribution in [0.1, 0.15) is 18.4 Å². The molecular weight excluding hydrogens is 413 g/mol. The minimum atomic E-state index is 0. The summed E-state index contributed by atoms with van der Waals surface area (Å²) < 4.78 is 10.9. The molecule has 1 fully saturated rings. The molecule has 2 aliphatic heterocycles. The molecule has 1 saturated heterocycles. The number of fused-ring (bicyclic) bond motifs is 1. The van der Waals surface area contributed by atoms with Crippen LogP contribution < -0.4 is 20.1 Å². The fourth-order valence-electron chi connectivity index (χ4n) is 2.55. The van der Waals surface area contributed by atoms with E-state index >= 15 is 0 Å². The van der Waals surface area contributed by atoms with Crippen molar-refractivity contribution in [1.29, 1.82) is 0 Å². The van der Waals surface area contributed by atoms with Gasteiger partial charge >= 0.3 is 0 Å². The molecule has 22 heavy (non-hydrogen) atoms. The molecular formula is C15H22IN3O2S. The number of nitrogens with zero attached hydrogens (tertiary/aromatic N) is 1. The van der Waals surface area contributed by atoms with Crippen LogP contribution in [0.15, 0.2) is 23.2 Å². The molecule has 0 bridgehead atoms. The zero-order valence-corrected chi connectivity index (χ0v) is 15.8. The van der Waals surface area contributed by atoms with Crippen LogP contribution in [-0.4, -0.2) is 37.3 Å². The van der Waals surface area contributed by atoms with Crippen molar-refractivity contribution in [3.8, 4) is 11.5 Å². The number of thioether (sulfide) groups is 1. The van der Waals surface area contributed by atoms with E-state index in [-0.39, 0.29) is 24.0 Å². The maximum Gasteiger partial charge on any atom is 0.231 e. The van der Waals surface area contributed by atoms with Gasteiger partial charge in [-0.1, -0.05) is 12.1 Å².